The standard InChI is InChI=1S/C21H21Cl2N3O2S/c1-24-9-7-13(8-10-24)25(2)19-18(17-4-3-11-29-17)20(27)26(21(19)28)14-5-6-15(22)16(23)12-14/h3-6,11-13H,7-10H2,1-2H3. The van der Waals surface area contributed by atoms with Gasteiger partial charge in [0.2, 0.25) is 0 Å². The van der Waals surface area contributed by atoms with Gasteiger partial charge in [-0.15, -0.1) is 11.3 Å². The summed E-state index contributed by atoms with van der Waals surface area (Å²) in [6, 6.07) is 8.79. The highest BCUT2D eigenvalue weighted by molar-refractivity contribution is 7.11. The maximum absolute atomic E-state index is 13.5. The topological polar surface area (TPSA) is 43.9 Å². The van der Waals surface area contributed by atoms with Crippen molar-refractivity contribution in [2.24, 2.45) is 0 Å². The zero-order chi connectivity index (χ0) is 20.7. The van der Waals surface area contributed by atoms with Crippen molar-refractivity contribution in [3.8, 4) is 0 Å². The van der Waals surface area contributed by atoms with Gasteiger partial charge in [-0.25, -0.2) is 4.90 Å². The fraction of sp³-hybridized carbons (Fsp3) is 0.333. The van der Waals surface area contributed by atoms with Gasteiger partial charge < -0.3 is 9.80 Å². The first-order valence-electron chi connectivity index (χ1n) is 9.42. The van der Waals surface area contributed by atoms with Crippen molar-refractivity contribution >= 4 is 57.6 Å². The van der Waals surface area contributed by atoms with Crippen molar-refractivity contribution in [1.29, 1.82) is 0 Å². The number of nitrogens with zero attached hydrogens (tertiary/aromatic N) is 3. The Morgan fingerprint density at radius 3 is 2.41 bits per heavy atom. The molecular formula is C21H21Cl2N3O2S. The molecule has 5 nitrogen and oxygen atoms in total. The summed E-state index contributed by atoms with van der Waals surface area (Å²) in [5, 5.41) is 2.60. The molecule has 0 saturated carbocycles. The number of piperidine rings is 1. The monoisotopic (exact) mass is 449 g/mol. The summed E-state index contributed by atoms with van der Waals surface area (Å²) in [4.78, 5) is 33.2. The zero-order valence-electron chi connectivity index (χ0n) is 16.2. The highest BCUT2D eigenvalue weighted by Crippen LogP contribution is 2.38. The third-order valence-electron chi connectivity index (χ3n) is 5.58. The third-order valence-corrected chi connectivity index (χ3v) is 7.20. The average molecular weight is 450 g/mol. The minimum Gasteiger partial charge on any atom is -0.366 e. The van der Waals surface area contributed by atoms with E-state index >= 15 is 0 Å². The number of carbonyl (C=O) groups excluding carboxylic acids is 2. The van der Waals surface area contributed by atoms with Gasteiger partial charge in [0.15, 0.2) is 0 Å². The molecular weight excluding hydrogens is 429 g/mol. The Kier molecular flexibility index (Phi) is 5.71. The number of hydrogen-bond donors (Lipinski definition) is 0. The molecule has 29 heavy (non-hydrogen) atoms. The maximum Gasteiger partial charge on any atom is 0.282 e. The summed E-state index contributed by atoms with van der Waals surface area (Å²) in [5.41, 5.74) is 1.34. The summed E-state index contributed by atoms with van der Waals surface area (Å²) in [7, 11) is 4.02. The van der Waals surface area contributed by atoms with Crippen LogP contribution in [0, 0.1) is 0 Å². The highest BCUT2D eigenvalue weighted by Gasteiger charge is 2.43. The van der Waals surface area contributed by atoms with Crippen LogP contribution in [0.4, 0.5) is 5.69 Å². The molecule has 3 heterocycles. The van der Waals surface area contributed by atoms with Gasteiger partial charge in [-0.2, -0.15) is 0 Å². The van der Waals surface area contributed by atoms with Crippen molar-refractivity contribution in [1.82, 2.24) is 9.80 Å². The lowest BCUT2D eigenvalue weighted by Crippen LogP contribution is -2.43. The van der Waals surface area contributed by atoms with Gasteiger partial charge in [-0.3, -0.25) is 9.59 Å². The lowest BCUT2D eigenvalue weighted by Gasteiger charge is -2.36. The van der Waals surface area contributed by atoms with Crippen LogP contribution in [0.2, 0.25) is 10.0 Å². The van der Waals surface area contributed by atoms with Crippen molar-refractivity contribution in [2.75, 3.05) is 32.1 Å². The minimum absolute atomic E-state index is 0.210. The van der Waals surface area contributed by atoms with Crippen LogP contribution in [0.5, 0.6) is 0 Å². The number of likely N-dealkylation sites (tertiary alicyclic amines) is 1. The number of imide groups is 1. The summed E-state index contributed by atoms with van der Waals surface area (Å²) < 4.78 is 0. The van der Waals surface area contributed by atoms with E-state index in [0.717, 1.165) is 30.8 Å². The smallest absolute Gasteiger partial charge is 0.282 e. The second-order valence-corrected chi connectivity index (χ2v) is 9.15. The van der Waals surface area contributed by atoms with E-state index in [-0.39, 0.29) is 17.9 Å². The Morgan fingerprint density at radius 2 is 1.79 bits per heavy atom. The van der Waals surface area contributed by atoms with Crippen LogP contribution in [0.1, 0.15) is 17.7 Å². The van der Waals surface area contributed by atoms with Crippen LogP contribution in [0.25, 0.3) is 5.57 Å². The molecule has 2 aliphatic heterocycles. The van der Waals surface area contributed by atoms with Gasteiger partial charge in [0.05, 0.1) is 21.3 Å². The quantitative estimate of drug-likeness (QED) is 0.650. The van der Waals surface area contributed by atoms with Gasteiger partial charge in [-0.1, -0.05) is 29.3 Å². The van der Waals surface area contributed by atoms with Crippen molar-refractivity contribution in [3.05, 3.63) is 56.3 Å². The van der Waals surface area contributed by atoms with Gasteiger partial charge in [-0.05, 0) is 62.6 Å². The van der Waals surface area contributed by atoms with Crippen LogP contribution in [0.15, 0.2) is 41.4 Å². The third kappa shape index (κ3) is 3.70. The first kappa shape index (κ1) is 20.4. The first-order valence-corrected chi connectivity index (χ1v) is 11.1. The summed E-state index contributed by atoms with van der Waals surface area (Å²) in [6.07, 6.45) is 1.89. The van der Waals surface area contributed by atoms with E-state index in [0.29, 0.717) is 27.0 Å². The predicted octanol–water partition coefficient (Wildman–Crippen LogP) is 4.37. The van der Waals surface area contributed by atoms with E-state index in [9.17, 15) is 9.59 Å². The second kappa shape index (κ2) is 8.11. The molecule has 1 aromatic heterocycles. The molecule has 0 aliphatic carbocycles. The molecule has 1 aromatic carbocycles. The number of halogens is 2. The number of carbonyl (C=O) groups is 2. The molecule has 152 valence electrons. The van der Waals surface area contributed by atoms with Crippen LogP contribution in [-0.4, -0.2) is 54.8 Å². The number of benzene rings is 1. The Morgan fingerprint density at radius 1 is 1.07 bits per heavy atom. The molecule has 0 unspecified atom stereocenters. The molecule has 0 spiro atoms. The molecule has 1 saturated heterocycles. The number of amides is 2. The average Bonchev–Trinajstić information content (AvgIpc) is 3.30. The van der Waals surface area contributed by atoms with Crippen LogP contribution in [0.3, 0.4) is 0 Å². The van der Waals surface area contributed by atoms with E-state index < -0.39 is 0 Å². The van der Waals surface area contributed by atoms with Crippen molar-refractivity contribution in [3.63, 3.8) is 0 Å². The Hall–Kier alpha value is -1.86. The Bertz CT molecular complexity index is 982. The van der Waals surface area contributed by atoms with Crippen molar-refractivity contribution < 1.29 is 9.59 Å². The molecule has 2 aliphatic rings. The largest absolute Gasteiger partial charge is 0.366 e. The van der Waals surface area contributed by atoms with Gasteiger partial charge in [0.25, 0.3) is 11.8 Å². The fourth-order valence-corrected chi connectivity index (χ4v) is 4.97. The Balaban J connectivity index is 1.75. The lowest BCUT2D eigenvalue weighted by atomic mass is 10.0. The first-order chi connectivity index (χ1) is 13.9. The summed E-state index contributed by atoms with van der Waals surface area (Å²) in [5.74, 6) is -0.649. The Labute approximate surface area is 184 Å². The van der Waals surface area contributed by atoms with E-state index in [4.69, 9.17) is 23.2 Å². The molecule has 8 heteroatoms. The van der Waals surface area contributed by atoms with E-state index in [2.05, 4.69) is 11.9 Å². The fourth-order valence-electron chi connectivity index (χ4n) is 3.91. The number of thiophene rings is 1. The van der Waals surface area contributed by atoms with Crippen molar-refractivity contribution in [2.45, 2.75) is 18.9 Å². The van der Waals surface area contributed by atoms with E-state index in [1.54, 1.807) is 18.2 Å². The van der Waals surface area contributed by atoms with Crippen LogP contribution in [-0.2, 0) is 9.59 Å². The molecule has 0 atom stereocenters. The molecule has 2 aromatic rings. The van der Waals surface area contributed by atoms with Crippen LogP contribution < -0.4 is 4.90 Å². The van der Waals surface area contributed by atoms with Gasteiger partial charge >= 0.3 is 0 Å². The molecule has 0 radical (unpaired) electrons. The van der Waals surface area contributed by atoms with Gasteiger partial charge in [0, 0.05) is 18.0 Å². The molecule has 0 N–H and O–H groups in total. The molecule has 0 bridgehead atoms. The summed E-state index contributed by atoms with van der Waals surface area (Å²) >= 11 is 13.6. The lowest BCUT2D eigenvalue weighted by molar-refractivity contribution is -0.120. The SMILES string of the molecule is CN1CCC(N(C)C2=C(c3cccs3)C(=O)N(c3ccc(Cl)c(Cl)c3)C2=O)CC1. The summed E-state index contributed by atoms with van der Waals surface area (Å²) in [6.45, 7) is 1.94. The van der Waals surface area contributed by atoms with E-state index in [1.807, 2.05) is 29.5 Å². The number of likely N-dealkylation sites (N-methyl/N-ethyl adjacent to an activating group) is 1. The minimum atomic E-state index is -0.328. The molecule has 1 fully saturated rings. The number of rotatable bonds is 4. The van der Waals surface area contributed by atoms with E-state index in [1.165, 1.54) is 16.2 Å². The van der Waals surface area contributed by atoms with Gasteiger partial charge in [0.1, 0.15) is 5.70 Å². The van der Waals surface area contributed by atoms with Crippen LogP contribution >= 0.6 is 34.5 Å². The zero-order valence-corrected chi connectivity index (χ0v) is 18.5. The maximum atomic E-state index is 13.5. The normalized spacial score (nSPS) is 18.8. The highest BCUT2D eigenvalue weighted by atomic mass is 35.5. The second-order valence-electron chi connectivity index (χ2n) is 7.39. The predicted molar refractivity (Wildman–Crippen MR) is 118 cm³/mol. The molecule has 2 amide bonds. The number of hydrogen-bond acceptors (Lipinski definition) is 5. The number of anilines is 1. The molecule has 4 rings (SSSR count).